The van der Waals surface area contributed by atoms with Crippen LogP contribution in [0.3, 0.4) is 0 Å². The summed E-state index contributed by atoms with van der Waals surface area (Å²) in [6.45, 7) is -1.52. The molecule has 0 aliphatic carbocycles. The fourth-order valence-corrected chi connectivity index (χ4v) is 2.55. The minimum Gasteiger partial charge on any atom is -0.270 e. The van der Waals surface area contributed by atoms with Gasteiger partial charge in [0.05, 0.1) is 5.04 Å². The van der Waals surface area contributed by atoms with Gasteiger partial charge in [-0.2, -0.15) is 13.2 Å². The monoisotopic (exact) mass is 304 g/mol. The predicted octanol–water partition coefficient (Wildman–Crippen LogP) is 2.16. The van der Waals surface area contributed by atoms with Gasteiger partial charge in [-0.3, -0.25) is 14.6 Å². The molecule has 1 aromatic rings. The highest BCUT2D eigenvalue weighted by Crippen LogP contribution is 2.23. The number of nitrogens with zero attached hydrogens (tertiary/aromatic N) is 1. The largest absolute Gasteiger partial charge is 0.414 e. The second kappa shape index (κ2) is 6.27. The Morgan fingerprint density at radius 1 is 1.40 bits per heavy atom. The molecule has 1 heterocycles. The maximum atomic E-state index is 11.9. The molecular weight excluding hydrogens is 293 g/mol. The van der Waals surface area contributed by atoms with E-state index in [9.17, 15) is 18.0 Å². The molecule has 0 radical (unpaired) electrons. The Labute approximate surface area is 117 Å². The number of rotatable bonds is 4. The second-order valence-corrected chi connectivity index (χ2v) is 5.01. The van der Waals surface area contributed by atoms with Crippen LogP contribution in [-0.4, -0.2) is 35.5 Å². The summed E-state index contributed by atoms with van der Waals surface area (Å²) in [4.78, 5) is 19.9. The smallest absolute Gasteiger partial charge is 0.270 e. The number of alkyl halides is 3. The van der Waals surface area contributed by atoms with Gasteiger partial charge in [0, 0.05) is 11.3 Å². The van der Waals surface area contributed by atoms with Crippen LogP contribution in [0.4, 0.5) is 13.2 Å². The molecule has 0 aromatic heterocycles. The van der Waals surface area contributed by atoms with E-state index in [4.69, 9.17) is 0 Å². The molecule has 0 fully saturated rings. The molecule has 2 rings (SSSR count). The summed E-state index contributed by atoms with van der Waals surface area (Å²) in [5.74, 6) is -0.293. The van der Waals surface area contributed by atoms with Crippen LogP contribution in [0.5, 0.6) is 0 Å². The summed E-state index contributed by atoms with van der Waals surface area (Å²) in [6, 6.07) is 8.52. The number of halogens is 3. The van der Waals surface area contributed by atoms with Crippen LogP contribution >= 0.6 is 11.8 Å². The molecule has 1 aromatic carbocycles. The number of amides is 1. The number of carbonyl (C=O) groups is 1. The average molecular weight is 304 g/mol. The molecule has 8 heteroatoms. The number of carbonyl (C=O) groups excluding carboxylic acids is 1. The van der Waals surface area contributed by atoms with Gasteiger partial charge in [0.2, 0.25) is 0 Å². The van der Waals surface area contributed by atoms with Crippen molar-refractivity contribution in [2.75, 3.05) is 12.4 Å². The Morgan fingerprint density at radius 3 is 2.75 bits per heavy atom. The number of hydrogen-bond donors (Lipinski definition) is 1. The van der Waals surface area contributed by atoms with Gasteiger partial charge in [-0.1, -0.05) is 30.3 Å². The summed E-state index contributed by atoms with van der Waals surface area (Å²) in [5, 5.41) is 0.696. The molecule has 1 atom stereocenters. The van der Waals surface area contributed by atoms with E-state index in [2.05, 4.69) is 9.83 Å². The predicted molar refractivity (Wildman–Crippen MR) is 69.4 cm³/mol. The number of nitrogens with one attached hydrogen (secondary N) is 1. The van der Waals surface area contributed by atoms with Crippen molar-refractivity contribution in [1.29, 1.82) is 0 Å². The molecule has 0 bridgehead atoms. The van der Waals surface area contributed by atoms with Crippen molar-refractivity contribution in [2.24, 2.45) is 4.99 Å². The van der Waals surface area contributed by atoms with Gasteiger partial charge < -0.3 is 0 Å². The Kier molecular flexibility index (Phi) is 4.66. The fraction of sp³-hybridized carbons (Fsp3) is 0.333. The molecule has 4 nitrogen and oxygen atoms in total. The molecular formula is C12H11F3N2O2S. The molecule has 20 heavy (non-hydrogen) atoms. The van der Waals surface area contributed by atoms with Crippen LogP contribution < -0.4 is 5.48 Å². The van der Waals surface area contributed by atoms with Crippen LogP contribution in [0, 0.1) is 0 Å². The minimum absolute atomic E-state index is 0.380. The Bertz CT molecular complexity index is 505. The number of benzene rings is 1. The first kappa shape index (κ1) is 14.9. The van der Waals surface area contributed by atoms with Crippen molar-refractivity contribution in [1.82, 2.24) is 5.48 Å². The zero-order valence-corrected chi connectivity index (χ0v) is 11.0. The Morgan fingerprint density at radius 2 is 2.10 bits per heavy atom. The van der Waals surface area contributed by atoms with E-state index in [0.29, 0.717) is 10.8 Å². The molecule has 1 unspecified atom stereocenters. The molecule has 0 saturated heterocycles. The third kappa shape index (κ3) is 4.24. The zero-order valence-electron chi connectivity index (χ0n) is 10.2. The molecule has 1 N–H and O–H groups in total. The van der Waals surface area contributed by atoms with E-state index in [-0.39, 0.29) is 0 Å². The number of hydrogen-bond acceptors (Lipinski definition) is 4. The van der Waals surface area contributed by atoms with Crippen LogP contribution in [0.2, 0.25) is 0 Å². The SMILES string of the molecule is O=C(NOCC(F)(F)F)C1CSC(c2ccccc2)=N1. The summed E-state index contributed by atoms with van der Waals surface area (Å²) in [5.41, 5.74) is 2.65. The molecule has 0 spiro atoms. The van der Waals surface area contributed by atoms with Gasteiger partial charge in [-0.25, -0.2) is 5.48 Å². The van der Waals surface area contributed by atoms with Crippen LogP contribution in [0.15, 0.2) is 35.3 Å². The highest BCUT2D eigenvalue weighted by Gasteiger charge is 2.30. The molecule has 108 valence electrons. The van der Waals surface area contributed by atoms with Crippen molar-refractivity contribution >= 4 is 22.7 Å². The fourth-order valence-electron chi connectivity index (χ4n) is 1.50. The Hall–Kier alpha value is -1.54. The maximum absolute atomic E-state index is 11.9. The molecule has 0 saturated carbocycles. The standard InChI is InChI=1S/C12H11F3N2O2S/c13-12(14,15)7-19-17-10(18)9-6-20-11(16-9)8-4-2-1-3-5-8/h1-5,9H,6-7H2,(H,17,18). The third-order valence-electron chi connectivity index (χ3n) is 2.38. The van der Waals surface area contributed by atoms with Gasteiger partial charge in [0.1, 0.15) is 6.04 Å². The lowest BCUT2D eigenvalue weighted by molar-refractivity contribution is -0.191. The van der Waals surface area contributed by atoms with E-state index in [1.54, 1.807) is 5.48 Å². The number of thioether (sulfide) groups is 1. The van der Waals surface area contributed by atoms with Crippen LogP contribution in [-0.2, 0) is 9.63 Å². The maximum Gasteiger partial charge on any atom is 0.414 e. The third-order valence-corrected chi connectivity index (χ3v) is 3.48. The van der Waals surface area contributed by atoms with Crippen LogP contribution in [0.25, 0.3) is 0 Å². The van der Waals surface area contributed by atoms with E-state index in [1.807, 2.05) is 30.3 Å². The van der Waals surface area contributed by atoms with E-state index < -0.39 is 24.7 Å². The average Bonchev–Trinajstić information content (AvgIpc) is 2.88. The topological polar surface area (TPSA) is 50.7 Å². The summed E-state index contributed by atoms with van der Waals surface area (Å²) >= 11 is 1.38. The van der Waals surface area contributed by atoms with Crippen molar-refractivity contribution in [2.45, 2.75) is 12.2 Å². The molecule has 1 aliphatic rings. The highest BCUT2D eigenvalue weighted by molar-refractivity contribution is 8.14. The van der Waals surface area contributed by atoms with Gasteiger partial charge >= 0.3 is 6.18 Å². The van der Waals surface area contributed by atoms with E-state index >= 15 is 0 Å². The van der Waals surface area contributed by atoms with Gasteiger partial charge in [-0.05, 0) is 0 Å². The normalized spacial score (nSPS) is 18.8. The first-order chi connectivity index (χ1) is 9.46. The van der Waals surface area contributed by atoms with Gasteiger partial charge in [0.15, 0.2) is 6.61 Å². The lowest BCUT2D eigenvalue weighted by atomic mass is 10.2. The van der Waals surface area contributed by atoms with Crippen molar-refractivity contribution in [3.63, 3.8) is 0 Å². The summed E-state index contributed by atoms with van der Waals surface area (Å²) < 4.78 is 35.6. The summed E-state index contributed by atoms with van der Waals surface area (Å²) in [6.07, 6.45) is -4.48. The second-order valence-electron chi connectivity index (χ2n) is 4.00. The van der Waals surface area contributed by atoms with E-state index in [1.165, 1.54) is 11.8 Å². The highest BCUT2D eigenvalue weighted by atomic mass is 32.2. The minimum atomic E-state index is -4.48. The van der Waals surface area contributed by atoms with Gasteiger partial charge in [-0.15, -0.1) is 11.8 Å². The van der Waals surface area contributed by atoms with Gasteiger partial charge in [0.25, 0.3) is 5.91 Å². The number of aliphatic imine (C=N–C) groups is 1. The molecule has 1 aliphatic heterocycles. The lowest BCUT2D eigenvalue weighted by Gasteiger charge is -2.09. The van der Waals surface area contributed by atoms with E-state index in [0.717, 1.165) is 5.56 Å². The van der Waals surface area contributed by atoms with Crippen LogP contribution in [0.1, 0.15) is 5.56 Å². The zero-order chi connectivity index (χ0) is 14.6. The first-order valence-electron chi connectivity index (χ1n) is 5.70. The number of hydroxylamine groups is 1. The van der Waals surface area contributed by atoms with Crippen molar-refractivity contribution in [3.05, 3.63) is 35.9 Å². The van der Waals surface area contributed by atoms with Crippen molar-refractivity contribution in [3.8, 4) is 0 Å². The lowest BCUT2D eigenvalue weighted by Crippen LogP contribution is -2.36. The first-order valence-corrected chi connectivity index (χ1v) is 6.69. The molecule has 1 amide bonds. The Balaban J connectivity index is 1.88. The quantitative estimate of drug-likeness (QED) is 0.867. The summed E-state index contributed by atoms with van der Waals surface area (Å²) in [7, 11) is 0. The van der Waals surface area contributed by atoms with Crippen molar-refractivity contribution < 1.29 is 22.8 Å².